The van der Waals surface area contributed by atoms with Crippen LogP contribution in [0.4, 0.5) is 8.39 Å². The molecule has 4 heteroatoms. The fraction of sp³-hybridized carbons (Fsp3) is 0. The van der Waals surface area contributed by atoms with E-state index in [-0.39, 0.29) is 0 Å². The van der Waals surface area contributed by atoms with Gasteiger partial charge in [-0.05, 0) is 0 Å². The molecular weight excluding hydrogens is 109 g/mol. The molecular formula is C2H3F2OP. The van der Waals surface area contributed by atoms with Crippen molar-refractivity contribution < 1.29 is 12.9 Å². The summed E-state index contributed by atoms with van der Waals surface area (Å²) in [7, 11) is -3.22. The first-order valence-corrected chi connectivity index (χ1v) is 2.21. The highest BCUT2D eigenvalue weighted by molar-refractivity contribution is 7.40. The summed E-state index contributed by atoms with van der Waals surface area (Å²) in [6.45, 7) is 2.91. The molecule has 36 valence electrons. The molecule has 0 saturated heterocycles. The quantitative estimate of drug-likeness (QED) is 0.393. The molecule has 0 saturated carbocycles. The Morgan fingerprint density at radius 2 is 2.17 bits per heavy atom. The zero-order valence-electron chi connectivity index (χ0n) is 2.90. The Morgan fingerprint density at radius 3 is 2.17 bits per heavy atom. The van der Waals surface area contributed by atoms with Gasteiger partial charge in [-0.15, -0.1) is 8.39 Å². The highest BCUT2D eigenvalue weighted by Gasteiger charge is 1.98. The first-order valence-electron chi connectivity index (χ1n) is 1.16. The molecule has 0 fully saturated rings. The first kappa shape index (κ1) is 5.83. The van der Waals surface area contributed by atoms with Gasteiger partial charge in [0, 0.05) is 0 Å². The van der Waals surface area contributed by atoms with Crippen LogP contribution in [0.5, 0.6) is 0 Å². The summed E-state index contributed by atoms with van der Waals surface area (Å²) in [5, 5.41) is 0. The standard InChI is InChI=1S/C2H3F2OP/c1-2-5-6(3)4/h2H,1H2. The van der Waals surface area contributed by atoms with E-state index in [9.17, 15) is 8.39 Å². The maximum absolute atomic E-state index is 10.8. The van der Waals surface area contributed by atoms with E-state index in [2.05, 4.69) is 11.1 Å². The molecule has 6 heavy (non-hydrogen) atoms. The second-order valence-electron chi connectivity index (χ2n) is 0.474. The molecule has 0 rings (SSSR count). The average molecular weight is 112 g/mol. The minimum absolute atomic E-state index is 0.728. The van der Waals surface area contributed by atoms with Crippen molar-refractivity contribution in [2.75, 3.05) is 0 Å². The molecule has 0 amide bonds. The summed E-state index contributed by atoms with van der Waals surface area (Å²) in [5.74, 6) is 0. The third kappa shape index (κ3) is 3.83. The molecule has 0 aliphatic carbocycles. The maximum atomic E-state index is 10.8. The number of hydrogen-bond acceptors (Lipinski definition) is 1. The predicted octanol–water partition coefficient (Wildman–Crippen LogP) is 2.31. The van der Waals surface area contributed by atoms with Crippen LogP contribution in [0, 0.1) is 0 Å². The van der Waals surface area contributed by atoms with Crippen molar-refractivity contribution in [1.29, 1.82) is 0 Å². The van der Waals surface area contributed by atoms with E-state index in [1.54, 1.807) is 0 Å². The van der Waals surface area contributed by atoms with E-state index in [0.717, 1.165) is 6.26 Å². The Balaban J connectivity index is 2.81. The topological polar surface area (TPSA) is 9.23 Å². The van der Waals surface area contributed by atoms with Crippen LogP contribution >= 0.6 is 8.77 Å². The molecule has 0 aliphatic rings. The predicted molar refractivity (Wildman–Crippen MR) is 20.4 cm³/mol. The molecule has 0 heterocycles. The largest absolute Gasteiger partial charge is 0.480 e. The van der Waals surface area contributed by atoms with Crippen molar-refractivity contribution in [2.45, 2.75) is 0 Å². The number of hydrogen-bond donors (Lipinski definition) is 0. The average Bonchev–Trinajstić information content (AvgIpc) is 1.35. The third-order valence-corrected chi connectivity index (χ3v) is 0.463. The van der Waals surface area contributed by atoms with Crippen molar-refractivity contribution in [3.8, 4) is 0 Å². The molecule has 0 aromatic carbocycles. The molecule has 0 radical (unpaired) electrons. The lowest BCUT2D eigenvalue weighted by molar-refractivity contribution is 0.450. The molecule has 0 unspecified atom stereocenters. The smallest absolute Gasteiger partial charge is 0.429 e. The Labute approximate surface area is 35.7 Å². The molecule has 0 spiro atoms. The van der Waals surface area contributed by atoms with Gasteiger partial charge in [0.2, 0.25) is 0 Å². The van der Waals surface area contributed by atoms with Gasteiger partial charge in [0.25, 0.3) is 0 Å². The Bertz CT molecular complexity index is 46.8. The second kappa shape index (κ2) is 3.04. The summed E-state index contributed by atoms with van der Waals surface area (Å²) in [6.07, 6.45) is 0.728. The molecule has 0 bridgehead atoms. The van der Waals surface area contributed by atoms with Crippen LogP contribution in [0.2, 0.25) is 0 Å². The van der Waals surface area contributed by atoms with Gasteiger partial charge in [0.1, 0.15) is 0 Å². The van der Waals surface area contributed by atoms with E-state index in [1.807, 2.05) is 0 Å². The number of halogens is 2. The molecule has 0 aliphatic heterocycles. The third-order valence-electron chi connectivity index (χ3n) is 0.154. The minimum atomic E-state index is -3.22. The zero-order valence-corrected chi connectivity index (χ0v) is 3.79. The lowest BCUT2D eigenvalue weighted by atomic mass is 11.2. The van der Waals surface area contributed by atoms with Crippen molar-refractivity contribution in [3.63, 3.8) is 0 Å². The van der Waals surface area contributed by atoms with Gasteiger partial charge >= 0.3 is 8.77 Å². The van der Waals surface area contributed by atoms with Gasteiger partial charge in [-0.3, -0.25) is 0 Å². The van der Waals surface area contributed by atoms with Crippen LogP contribution in [-0.4, -0.2) is 0 Å². The second-order valence-corrected chi connectivity index (χ2v) is 1.09. The summed E-state index contributed by atoms with van der Waals surface area (Å²) < 4.78 is 25.2. The monoisotopic (exact) mass is 112 g/mol. The van der Waals surface area contributed by atoms with Gasteiger partial charge in [0.05, 0.1) is 6.26 Å². The fourth-order valence-electron chi connectivity index (χ4n) is 0.0563. The van der Waals surface area contributed by atoms with Crippen LogP contribution in [0.25, 0.3) is 0 Å². The van der Waals surface area contributed by atoms with Crippen LogP contribution < -0.4 is 0 Å². The summed E-state index contributed by atoms with van der Waals surface area (Å²) >= 11 is 0. The molecule has 1 nitrogen and oxygen atoms in total. The highest BCUT2D eigenvalue weighted by Crippen LogP contribution is 2.39. The van der Waals surface area contributed by atoms with E-state index in [1.165, 1.54) is 0 Å². The molecule has 0 aromatic heterocycles. The van der Waals surface area contributed by atoms with Crippen LogP contribution in [-0.2, 0) is 4.52 Å². The van der Waals surface area contributed by atoms with Gasteiger partial charge in [-0.25, -0.2) is 0 Å². The van der Waals surface area contributed by atoms with Gasteiger partial charge in [-0.1, -0.05) is 6.58 Å². The minimum Gasteiger partial charge on any atom is -0.429 e. The van der Waals surface area contributed by atoms with Crippen molar-refractivity contribution in [1.82, 2.24) is 0 Å². The molecule has 0 N–H and O–H groups in total. The van der Waals surface area contributed by atoms with Gasteiger partial charge in [-0.2, -0.15) is 0 Å². The normalized spacial score (nSPS) is 8.50. The van der Waals surface area contributed by atoms with Crippen molar-refractivity contribution >= 4 is 8.77 Å². The van der Waals surface area contributed by atoms with Gasteiger partial charge < -0.3 is 4.52 Å². The first-order chi connectivity index (χ1) is 2.77. The highest BCUT2D eigenvalue weighted by atomic mass is 31.2. The molecule has 0 atom stereocenters. The van der Waals surface area contributed by atoms with Crippen molar-refractivity contribution in [2.24, 2.45) is 0 Å². The summed E-state index contributed by atoms with van der Waals surface area (Å²) in [6, 6.07) is 0. The maximum Gasteiger partial charge on any atom is 0.480 e. The SMILES string of the molecule is C=COP(F)F. The van der Waals surface area contributed by atoms with E-state index < -0.39 is 8.77 Å². The van der Waals surface area contributed by atoms with Crippen molar-refractivity contribution in [3.05, 3.63) is 12.8 Å². The van der Waals surface area contributed by atoms with E-state index in [0.29, 0.717) is 0 Å². The molecule has 0 aromatic rings. The van der Waals surface area contributed by atoms with E-state index >= 15 is 0 Å². The lowest BCUT2D eigenvalue weighted by Crippen LogP contribution is -1.53. The van der Waals surface area contributed by atoms with Gasteiger partial charge in [0.15, 0.2) is 0 Å². The fourth-order valence-corrected chi connectivity index (χ4v) is 0.169. The Hall–Kier alpha value is -0.170. The van der Waals surface area contributed by atoms with Crippen LogP contribution in [0.15, 0.2) is 12.8 Å². The Kier molecular flexibility index (Phi) is 2.95. The summed E-state index contributed by atoms with van der Waals surface area (Å²) in [5.41, 5.74) is 0. The Morgan fingerprint density at radius 1 is 1.67 bits per heavy atom. The lowest BCUT2D eigenvalue weighted by Gasteiger charge is -1.87. The van der Waals surface area contributed by atoms with Crippen LogP contribution in [0.1, 0.15) is 0 Å². The summed E-state index contributed by atoms with van der Waals surface area (Å²) in [4.78, 5) is 0. The number of rotatable bonds is 2. The van der Waals surface area contributed by atoms with Crippen LogP contribution in [0.3, 0.4) is 0 Å². The van der Waals surface area contributed by atoms with E-state index in [4.69, 9.17) is 0 Å². The zero-order chi connectivity index (χ0) is 4.99.